The summed E-state index contributed by atoms with van der Waals surface area (Å²) in [6.45, 7) is 0. The number of ether oxygens (including phenoxy) is 1. The first kappa shape index (κ1) is 17.2. The maximum atomic E-state index is 12.2. The average molecular weight is 411 g/mol. The van der Waals surface area contributed by atoms with Gasteiger partial charge in [-0.05, 0) is 53.7 Å². The molecule has 0 unspecified atom stereocenters. The van der Waals surface area contributed by atoms with E-state index in [1.807, 2.05) is 0 Å². The SMILES string of the molecule is O=C(NC1CCC(Oc2ccc(Cl)cn2)CC1)c1cncc(Br)c1. The monoisotopic (exact) mass is 409 g/mol. The van der Waals surface area contributed by atoms with Crippen LogP contribution in [0.15, 0.2) is 41.3 Å². The standard InChI is InChI=1S/C17H17BrClN3O2/c18-12-7-11(8-20-9-12)17(23)22-14-2-4-15(5-3-14)24-16-6-1-13(19)10-21-16/h1,6-10,14-15H,2-5H2,(H,22,23). The van der Waals surface area contributed by atoms with E-state index in [0.29, 0.717) is 16.5 Å². The molecule has 2 heterocycles. The molecule has 126 valence electrons. The summed E-state index contributed by atoms with van der Waals surface area (Å²) < 4.78 is 6.66. The largest absolute Gasteiger partial charge is 0.474 e. The number of nitrogens with one attached hydrogen (secondary N) is 1. The molecule has 1 aliphatic rings. The normalized spacial score (nSPS) is 20.4. The van der Waals surface area contributed by atoms with Crippen LogP contribution < -0.4 is 10.1 Å². The van der Waals surface area contributed by atoms with Crippen molar-refractivity contribution < 1.29 is 9.53 Å². The van der Waals surface area contributed by atoms with Crippen LogP contribution >= 0.6 is 27.5 Å². The van der Waals surface area contributed by atoms with Crippen molar-refractivity contribution in [3.05, 3.63) is 51.8 Å². The highest BCUT2D eigenvalue weighted by atomic mass is 79.9. The van der Waals surface area contributed by atoms with Gasteiger partial charge in [0.25, 0.3) is 5.91 Å². The van der Waals surface area contributed by atoms with Gasteiger partial charge in [-0.15, -0.1) is 0 Å². The van der Waals surface area contributed by atoms with Gasteiger partial charge in [0.15, 0.2) is 0 Å². The van der Waals surface area contributed by atoms with Gasteiger partial charge >= 0.3 is 0 Å². The molecule has 1 saturated carbocycles. The Morgan fingerprint density at radius 1 is 1.21 bits per heavy atom. The molecule has 3 rings (SSSR count). The first-order chi connectivity index (χ1) is 11.6. The zero-order valence-corrected chi connectivity index (χ0v) is 15.3. The second kappa shape index (κ2) is 7.94. The molecule has 5 nitrogen and oxygen atoms in total. The van der Waals surface area contributed by atoms with Crippen molar-refractivity contribution in [3.8, 4) is 5.88 Å². The molecular formula is C17H17BrClN3O2. The lowest BCUT2D eigenvalue weighted by Gasteiger charge is -2.29. The Morgan fingerprint density at radius 3 is 2.67 bits per heavy atom. The van der Waals surface area contributed by atoms with Crippen molar-refractivity contribution in [2.75, 3.05) is 0 Å². The zero-order valence-electron chi connectivity index (χ0n) is 12.9. The van der Waals surface area contributed by atoms with Gasteiger partial charge in [0.05, 0.1) is 10.6 Å². The van der Waals surface area contributed by atoms with E-state index in [2.05, 4.69) is 31.2 Å². The number of hydrogen-bond donors (Lipinski definition) is 1. The molecule has 24 heavy (non-hydrogen) atoms. The van der Waals surface area contributed by atoms with Crippen LogP contribution in [0.4, 0.5) is 0 Å². The third-order valence-electron chi connectivity index (χ3n) is 3.96. The number of hydrogen-bond acceptors (Lipinski definition) is 4. The minimum atomic E-state index is -0.0902. The van der Waals surface area contributed by atoms with Crippen LogP contribution in [0, 0.1) is 0 Å². The van der Waals surface area contributed by atoms with Crippen molar-refractivity contribution in [1.82, 2.24) is 15.3 Å². The van der Waals surface area contributed by atoms with E-state index in [1.54, 1.807) is 36.8 Å². The van der Waals surface area contributed by atoms with Crippen LogP contribution in [0.1, 0.15) is 36.0 Å². The topological polar surface area (TPSA) is 64.1 Å². The number of carbonyl (C=O) groups is 1. The van der Waals surface area contributed by atoms with Gasteiger partial charge in [0.1, 0.15) is 6.10 Å². The molecule has 0 spiro atoms. The van der Waals surface area contributed by atoms with Gasteiger partial charge in [-0.2, -0.15) is 0 Å². The Balaban J connectivity index is 1.48. The smallest absolute Gasteiger partial charge is 0.253 e. The number of aromatic nitrogens is 2. The van der Waals surface area contributed by atoms with Crippen LogP contribution in [-0.2, 0) is 0 Å². The molecule has 0 radical (unpaired) electrons. The highest BCUT2D eigenvalue weighted by Gasteiger charge is 2.24. The summed E-state index contributed by atoms with van der Waals surface area (Å²) in [6, 6.07) is 5.47. The molecule has 0 atom stereocenters. The molecule has 1 aliphatic carbocycles. The molecule has 2 aromatic rings. The van der Waals surface area contributed by atoms with Gasteiger partial charge in [-0.1, -0.05) is 11.6 Å². The highest BCUT2D eigenvalue weighted by Crippen LogP contribution is 2.24. The number of amides is 1. The van der Waals surface area contributed by atoms with Gasteiger partial charge in [0, 0.05) is 35.2 Å². The van der Waals surface area contributed by atoms with Crippen molar-refractivity contribution in [2.45, 2.75) is 37.8 Å². The molecule has 7 heteroatoms. The lowest BCUT2D eigenvalue weighted by atomic mass is 9.92. The van der Waals surface area contributed by atoms with Crippen LogP contribution in [0.5, 0.6) is 5.88 Å². The van der Waals surface area contributed by atoms with Gasteiger partial charge in [-0.3, -0.25) is 9.78 Å². The van der Waals surface area contributed by atoms with Crippen molar-refractivity contribution in [3.63, 3.8) is 0 Å². The third kappa shape index (κ3) is 4.68. The summed E-state index contributed by atoms with van der Waals surface area (Å²) >= 11 is 9.14. The summed E-state index contributed by atoms with van der Waals surface area (Å²) in [5.41, 5.74) is 0.563. The molecule has 2 aromatic heterocycles. The van der Waals surface area contributed by atoms with E-state index in [9.17, 15) is 4.79 Å². The molecule has 0 aliphatic heterocycles. The Kier molecular flexibility index (Phi) is 5.68. The van der Waals surface area contributed by atoms with E-state index in [1.165, 1.54) is 0 Å². The lowest BCUT2D eigenvalue weighted by molar-refractivity contribution is 0.0890. The van der Waals surface area contributed by atoms with Crippen molar-refractivity contribution in [2.24, 2.45) is 0 Å². The van der Waals surface area contributed by atoms with Crippen LogP contribution in [0.3, 0.4) is 0 Å². The van der Waals surface area contributed by atoms with Gasteiger partial charge in [-0.25, -0.2) is 4.98 Å². The maximum Gasteiger partial charge on any atom is 0.253 e. The Hall–Kier alpha value is -1.66. The molecule has 1 N–H and O–H groups in total. The van der Waals surface area contributed by atoms with E-state index < -0.39 is 0 Å². The Bertz CT molecular complexity index is 703. The summed E-state index contributed by atoms with van der Waals surface area (Å²) in [4.78, 5) is 20.4. The fourth-order valence-electron chi connectivity index (χ4n) is 2.73. The quantitative estimate of drug-likeness (QED) is 0.827. The van der Waals surface area contributed by atoms with Gasteiger partial charge in [0.2, 0.25) is 5.88 Å². The molecule has 1 amide bonds. The Morgan fingerprint density at radius 2 is 2.00 bits per heavy atom. The van der Waals surface area contributed by atoms with Crippen LogP contribution in [0.2, 0.25) is 5.02 Å². The van der Waals surface area contributed by atoms with E-state index in [0.717, 1.165) is 30.2 Å². The summed E-state index contributed by atoms with van der Waals surface area (Å²) in [7, 11) is 0. The van der Waals surface area contributed by atoms with E-state index >= 15 is 0 Å². The zero-order chi connectivity index (χ0) is 16.9. The second-order valence-corrected chi connectivity index (χ2v) is 7.12. The van der Waals surface area contributed by atoms with E-state index in [-0.39, 0.29) is 18.1 Å². The molecule has 1 fully saturated rings. The molecule has 0 aromatic carbocycles. The van der Waals surface area contributed by atoms with Crippen LogP contribution in [0.25, 0.3) is 0 Å². The number of carbonyl (C=O) groups excluding carboxylic acids is 1. The Labute approximate surface area is 153 Å². The lowest BCUT2D eigenvalue weighted by Crippen LogP contribution is -2.39. The molecule has 0 saturated heterocycles. The minimum Gasteiger partial charge on any atom is -0.474 e. The van der Waals surface area contributed by atoms with Crippen molar-refractivity contribution in [1.29, 1.82) is 0 Å². The number of halogens is 2. The summed E-state index contributed by atoms with van der Waals surface area (Å²) in [5.74, 6) is 0.500. The number of rotatable bonds is 4. The predicted molar refractivity (Wildman–Crippen MR) is 95.3 cm³/mol. The second-order valence-electron chi connectivity index (χ2n) is 5.77. The fourth-order valence-corrected chi connectivity index (χ4v) is 3.21. The summed E-state index contributed by atoms with van der Waals surface area (Å²) in [5, 5.41) is 3.66. The number of pyridine rings is 2. The average Bonchev–Trinajstić information content (AvgIpc) is 2.59. The van der Waals surface area contributed by atoms with Gasteiger partial charge < -0.3 is 10.1 Å². The number of nitrogens with zero attached hydrogens (tertiary/aromatic N) is 2. The maximum absolute atomic E-state index is 12.2. The minimum absolute atomic E-state index is 0.0902. The van der Waals surface area contributed by atoms with E-state index in [4.69, 9.17) is 16.3 Å². The highest BCUT2D eigenvalue weighted by molar-refractivity contribution is 9.10. The van der Waals surface area contributed by atoms with Crippen molar-refractivity contribution >= 4 is 33.4 Å². The predicted octanol–water partition coefficient (Wildman–Crippen LogP) is 4.01. The van der Waals surface area contributed by atoms with Crippen LogP contribution in [-0.4, -0.2) is 28.0 Å². The first-order valence-corrected chi connectivity index (χ1v) is 8.97. The fraction of sp³-hybridized carbons (Fsp3) is 0.353. The third-order valence-corrected chi connectivity index (χ3v) is 4.62. The molecular weight excluding hydrogens is 394 g/mol. The first-order valence-electron chi connectivity index (χ1n) is 7.80. The molecule has 0 bridgehead atoms. The summed E-state index contributed by atoms with van der Waals surface area (Å²) in [6.07, 6.45) is 8.45.